The number of nitrogens with two attached hydrogens (primary N) is 1. The Hall–Kier alpha value is -1.54. The Bertz CT molecular complexity index is 587. The van der Waals surface area contributed by atoms with Gasteiger partial charge in [0, 0.05) is 11.4 Å². The molecule has 2 aromatic rings. The molecule has 0 amide bonds. The van der Waals surface area contributed by atoms with E-state index in [1.165, 1.54) is 48.4 Å². The van der Waals surface area contributed by atoms with Crippen LogP contribution in [0.4, 0.5) is 0 Å². The zero-order chi connectivity index (χ0) is 13.9. The van der Waals surface area contributed by atoms with E-state index >= 15 is 0 Å². The van der Waals surface area contributed by atoms with Crippen LogP contribution in [0.1, 0.15) is 43.7 Å². The minimum atomic E-state index is 0.145. The molecule has 2 N–H and O–H groups in total. The van der Waals surface area contributed by atoms with Crippen LogP contribution in [0, 0.1) is 5.92 Å². The molecule has 0 bridgehead atoms. The molecule has 2 nitrogen and oxygen atoms in total. The minimum Gasteiger partial charge on any atom is -0.496 e. The molecule has 0 heterocycles. The second kappa shape index (κ2) is 5.84. The van der Waals surface area contributed by atoms with Crippen LogP contribution in [0.15, 0.2) is 36.4 Å². The SMILES string of the molecule is COc1ccc([C@H](N)C2CCCCC2)c2ccccc12. The second-order valence-electron chi connectivity index (χ2n) is 5.83. The van der Waals surface area contributed by atoms with Crippen molar-refractivity contribution in [1.82, 2.24) is 0 Å². The summed E-state index contributed by atoms with van der Waals surface area (Å²) in [5.41, 5.74) is 7.86. The summed E-state index contributed by atoms with van der Waals surface area (Å²) >= 11 is 0. The van der Waals surface area contributed by atoms with Gasteiger partial charge in [0.1, 0.15) is 5.75 Å². The maximum absolute atomic E-state index is 6.59. The lowest BCUT2D eigenvalue weighted by molar-refractivity contribution is 0.309. The maximum Gasteiger partial charge on any atom is 0.126 e. The number of fused-ring (bicyclic) bond motifs is 1. The number of hydrogen-bond donors (Lipinski definition) is 1. The molecule has 2 heteroatoms. The molecule has 1 aliphatic carbocycles. The van der Waals surface area contributed by atoms with Crippen LogP contribution in [0.3, 0.4) is 0 Å². The molecule has 0 unspecified atom stereocenters. The lowest BCUT2D eigenvalue weighted by Crippen LogP contribution is -2.23. The summed E-state index contributed by atoms with van der Waals surface area (Å²) in [6.45, 7) is 0. The van der Waals surface area contributed by atoms with E-state index < -0.39 is 0 Å². The minimum absolute atomic E-state index is 0.145. The first-order chi connectivity index (χ1) is 9.81. The normalized spacial score (nSPS) is 18.1. The fourth-order valence-corrected chi connectivity index (χ4v) is 3.51. The van der Waals surface area contributed by atoms with Gasteiger partial charge in [-0.15, -0.1) is 0 Å². The summed E-state index contributed by atoms with van der Waals surface area (Å²) in [4.78, 5) is 0. The molecule has 0 aromatic heterocycles. The van der Waals surface area contributed by atoms with Crippen LogP contribution in [-0.2, 0) is 0 Å². The Morgan fingerprint density at radius 3 is 2.40 bits per heavy atom. The first-order valence-electron chi connectivity index (χ1n) is 7.62. The van der Waals surface area contributed by atoms with E-state index in [-0.39, 0.29) is 6.04 Å². The first kappa shape index (κ1) is 13.4. The molecule has 106 valence electrons. The predicted molar refractivity (Wildman–Crippen MR) is 84.0 cm³/mol. The lowest BCUT2D eigenvalue weighted by Gasteiger charge is -2.28. The summed E-state index contributed by atoms with van der Waals surface area (Å²) in [7, 11) is 1.72. The van der Waals surface area contributed by atoms with E-state index in [0.717, 1.165) is 5.75 Å². The molecular weight excluding hydrogens is 246 g/mol. The van der Waals surface area contributed by atoms with Crippen molar-refractivity contribution in [2.45, 2.75) is 38.1 Å². The molecule has 0 saturated heterocycles. The Labute approximate surface area is 120 Å². The molecule has 1 aliphatic rings. The summed E-state index contributed by atoms with van der Waals surface area (Å²) in [6, 6.07) is 12.8. The predicted octanol–water partition coefficient (Wildman–Crippen LogP) is 4.43. The zero-order valence-electron chi connectivity index (χ0n) is 12.1. The number of benzene rings is 2. The van der Waals surface area contributed by atoms with Crippen molar-refractivity contribution in [2.75, 3.05) is 7.11 Å². The molecule has 3 rings (SSSR count). The third-order valence-electron chi connectivity index (χ3n) is 4.65. The second-order valence-corrected chi connectivity index (χ2v) is 5.83. The molecule has 1 atom stereocenters. The van der Waals surface area contributed by atoms with Crippen molar-refractivity contribution in [3.05, 3.63) is 42.0 Å². The number of ether oxygens (including phenoxy) is 1. The van der Waals surface area contributed by atoms with Crippen LogP contribution >= 0.6 is 0 Å². The highest BCUT2D eigenvalue weighted by atomic mass is 16.5. The lowest BCUT2D eigenvalue weighted by atomic mass is 9.80. The van der Waals surface area contributed by atoms with E-state index in [1.807, 2.05) is 0 Å². The molecule has 20 heavy (non-hydrogen) atoms. The summed E-state index contributed by atoms with van der Waals surface area (Å²) in [5.74, 6) is 1.56. The van der Waals surface area contributed by atoms with E-state index in [9.17, 15) is 0 Å². The smallest absolute Gasteiger partial charge is 0.126 e. The molecule has 1 saturated carbocycles. The van der Waals surface area contributed by atoms with Gasteiger partial charge in [0.25, 0.3) is 0 Å². The van der Waals surface area contributed by atoms with Crippen molar-refractivity contribution in [3.63, 3.8) is 0 Å². The quantitative estimate of drug-likeness (QED) is 0.894. The number of hydrogen-bond acceptors (Lipinski definition) is 2. The molecule has 0 aliphatic heterocycles. The molecule has 0 radical (unpaired) electrons. The Kier molecular flexibility index (Phi) is 3.93. The highest BCUT2D eigenvalue weighted by molar-refractivity contribution is 5.91. The van der Waals surface area contributed by atoms with Crippen LogP contribution in [0.2, 0.25) is 0 Å². The van der Waals surface area contributed by atoms with Gasteiger partial charge in [-0.3, -0.25) is 0 Å². The van der Waals surface area contributed by atoms with Gasteiger partial charge < -0.3 is 10.5 Å². The summed E-state index contributed by atoms with van der Waals surface area (Å²) in [6.07, 6.45) is 6.55. The van der Waals surface area contributed by atoms with Gasteiger partial charge >= 0.3 is 0 Å². The fraction of sp³-hybridized carbons (Fsp3) is 0.444. The van der Waals surface area contributed by atoms with E-state index in [1.54, 1.807) is 7.11 Å². The Morgan fingerprint density at radius 1 is 1.00 bits per heavy atom. The van der Waals surface area contributed by atoms with E-state index in [0.29, 0.717) is 5.92 Å². The zero-order valence-corrected chi connectivity index (χ0v) is 12.1. The van der Waals surface area contributed by atoms with Gasteiger partial charge in [-0.2, -0.15) is 0 Å². The van der Waals surface area contributed by atoms with Gasteiger partial charge in [0.15, 0.2) is 0 Å². The Balaban J connectivity index is 2.02. The van der Waals surface area contributed by atoms with Crippen LogP contribution < -0.4 is 10.5 Å². The van der Waals surface area contributed by atoms with Gasteiger partial charge in [-0.25, -0.2) is 0 Å². The largest absolute Gasteiger partial charge is 0.496 e. The van der Waals surface area contributed by atoms with Crippen molar-refractivity contribution < 1.29 is 4.74 Å². The van der Waals surface area contributed by atoms with Crippen molar-refractivity contribution in [3.8, 4) is 5.75 Å². The van der Waals surface area contributed by atoms with Crippen LogP contribution in [0.5, 0.6) is 5.75 Å². The average Bonchev–Trinajstić information content (AvgIpc) is 2.54. The Morgan fingerprint density at radius 2 is 1.70 bits per heavy atom. The third kappa shape index (κ3) is 2.40. The molecular formula is C18H23NO. The van der Waals surface area contributed by atoms with Gasteiger partial charge in [-0.05, 0) is 35.8 Å². The number of methoxy groups -OCH3 is 1. The maximum atomic E-state index is 6.59. The van der Waals surface area contributed by atoms with Crippen molar-refractivity contribution >= 4 is 10.8 Å². The molecule has 2 aromatic carbocycles. The average molecular weight is 269 g/mol. The fourth-order valence-electron chi connectivity index (χ4n) is 3.51. The monoisotopic (exact) mass is 269 g/mol. The first-order valence-corrected chi connectivity index (χ1v) is 7.62. The third-order valence-corrected chi connectivity index (χ3v) is 4.65. The van der Waals surface area contributed by atoms with Crippen LogP contribution in [-0.4, -0.2) is 7.11 Å². The molecule has 1 fully saturated rings. The number of rotatable bonds is 3. The topological polar surface area (TPSA) is 35.2 Å². The van der Waals surface area contributed by atoms with Gasteiger partial charge in [0.05, 0.1) is 7.11 Å². The standard InChI is InChI=1S/C18H23NO/c1-20-17-12-11-16(14-9-5-6-10-15(14)17)18(19)13-7-3-2-4-8-13/h5-6,9-13,18H,2-4,7-8,19H2,1H3/t18-/m1/s1. The van der Waals surface area contributed by atoms with E-state index in [4.69, 9.17) is 10.5 Å². The van der Waals surface area contributed by atoms with Gasteiger partial charge in [0.2, 0.25) is 0 Å². The van der Waals surface area contributed by atoms with Crippen molar-refractivity contribution in [2.24, 2.45) is 11.7 Å². The summed E-state index contributed by atoms with van der Waals surface area (Å²) in [5, 5.41) is 2.41. The molecule has 0 spiro atoms. The highest BCUT2D eigenvalue weighted by Crippen LogP contribution is 2.37. The van der Waals surface area contributed by atoms with Crippen LogP contribution in [0.25, 0.3) is 10.8 Å². The summed E-state index contributed by atoms with van der Waals surface area (Å²) < 4.78 is 5.47. The highest BCUT2D eigenvalue weighted by Gasteiger charge is 2.23. The van der Waals surface area contributed by atoms with E-state index in [2.05, 4.69) is 36.4 Å². The van der Waals surface area contributed by atoms with Gasteiger partial charge in [-0.1, -0.05) is 49.6 Å². The van der Waals surface area contributed by atoms with Crippen molar-refractivity contribution in [1.29, 1.82) is 0 Å².